The normalized spacial score (nSPS) is 10.7. The van der Waals surface area contributed by atoms with Gasteiger partial charge in [0, 0.05) is 0 Å². The molecule has 1 aromatic carbocycles. The second-order valence-corrected chi connectivity index (χ2v) is 4.13. The fraction of sp³-hybridized carbons (Fsp3) is 0. The van der Waals surface area contributed by atoms with Crippen molar-refractivity contribution in [2.45, 2.75) is 0 Å². The highest BCUT2D eigenvalue weighted by Crippen LogP contribution is 2.06. The summed E-state index contributed by atoms with van der Waals surface area (Å²) in [5.74, 6) is 0. The summed E-state index contributed by atoms with van der Waals surface area (Å²) in [4.78, 5) is 0. The molecule has 0 saturated heterocycles. The number of hydrogen-bond donors (Lipinski definition) is 0. The average Bonchev–Trinajstić information content (AvgIpc) is 2.30. The minimum Gasteiger partial charge on any atom is -0.150 e. The van der Waals surface area contributed by atoms with Crippen LogP contribution in [0.25, 0.3) is 12.2 Å². The van der Waals surface area contributed by atoms with Crippen LogP contribution in [-0.2, 0) is 0 Å². The highest BCUT2D eigenvalue weighted by atomic mass is 127. The molecule has 2 nitrogen and oxygen atoms in total. The first-order chi connectivity index (χ1) is 7.34. The van der Waals surface area contributed by atoms with Crippen molar-refractivity contribution >= 4 is 34.7 Å². The summed E-state index contributed by atoms with van der Waals surface area (Å²) in [5.41, 5.74) is 2.04. The quantitative estimate of drug-likeness (QED) is 0.796. The molecule has 0 saturated carbocycles. The second kappa shape index (κ2) is 5.02. The summed E-state index contributed by atoms with van der Waals surface area (Å²) in [6.07, 6.45) is 3.98. The Bertz CT molecular complexity index is 449. The maximum atomic E-state index is 4.05. The molecule has 1 heterocycles. The fourth-order valence-electron chi connectivity index (χ4n) is 1.16. The Morgan fingerprint density at radius 2 is 1.67 bits per heavy atom. The van der Waals surface area contributed by atoms with Crippen LogP contribution in [0.2, 0.25) is 0 Å². The third kappa shape index (κ3) is 3.13. The van der Waals surface area contributed by atoms with E-state index < -0.39 is 0 Å². The van der Waals surface area contributed by atoms with E-state index in [0.717, 1.165) is 15.0 Å². The maximum Gasteiger partial charge on any atom is 0.124 e. The molecule has 0 atom stereocenters. The molecule has 2 rings (SSSR count). The maximum absolute atomic E-state index is 4.05. The van der Waals surface area contributed by atoms with Gasteiger partial charge in [-0.3, -0.25) is 0 Å². The van der Waals surface area contributed by atoms with Crippen LogP contribution < -0.4 is 0 Å². The zero-order chi connectivity index (χ0) is 10.5. The summed E-state index contributed by atoms with van der Waals surface area (Å²) in [7, 11) is 0. The molecule has 0 aliphatic heterocycles. The minimum atomic E-state index is 0.874. The van der Waals surface area contributed by atoms with Crippen LogP contribution in [0.4, 0.5) is 0 Å². The molecule has 0 N–H and O–H groups in total. The minimum absolute atomic E-state index is 0.874. The highest BCUT2D eigenvalue weighted by Gasteiger charge is 1.90. The Labute approximate surface area is 102 Å². The van der Waals surface area contributed by atoms with Crippen molar-refractivity contribution in [2.75, 3.05) is 0 Å². The van der Waals surface area contributed by atoms with E-state index in [1.807, 2.05) is 42.5 Å². The van der Waals surface area contributed by atoms with E-state index >= 15 is 0 Å². The lowest BCUT2D eigenvalue weighted by Crippen LogP contribution is -1.87. The van der Waals surface area contributed by atoms with Crippen molar-refractivity contribution in [1.29, 1.82) is 0 Å². The summed E-state index contributed by atoms with van der Waals surface area (Å²) in [5, 5.41) is 8.03. The van der Waals surface area contributed by atoms with Gasteiger partial charge < -0.3 is 0 Å². The summed E-state index contributed by atoms with van der Waals surface area (Å²) in [6, 6.07) is 14.0. The standard InChI is InChI=1S/C12H9IN2/c13-12-9-8-11(14-15-12)7-6-10-4-2-1-3-5-10/h1-9H. The van der Waals surface area contributed by atoms with E-state index in [4.69, 9.17) is 0 Å². The lowest BCUT2D eigenvalue weighted by atomic mass is 10.2. The largest absolute Gasteiger partial charge is 0.150 e. The number of aromatic nitrogens is 2. The van der Waals surface area contributed by atoms with Gasteiger partial charge in [-0.2, -0.15) is 5.10 Å². The predicted octanol–water partition coefficient (Wildman–Crippen LogP) is 3.25. The van der Waals surface area contributed by atoms with E-state index in [1.165, 1.54) is 0 Å². The first-order valence-electron chi connectivity index (χ1n) is 4.57. The van der Waals surface area contributed by atoms with Crippen molar-refractivity contribution in [3.8, 4) is 0 Å². The van der Waals surface area contributed by atoms with Crippen molar-refractivity contribution in [3.63, 3.8) is 0 Å². The Balaban J connectivity index is 2.15. The molecule has 0 aliphatic rings. The van der Waals surface area contributed by atoms with Gasteiger partial charge in [0.1, 0.15) is 3.70 Å². The van der Waals surface area contributed by atoms with Crippen LogP contribution in [0.5, 0.6) is 0 Å². The Hall–Kier alpha value is -1.23. The molecule has 2 aromatic rings. The Kier molecular flexibility index (Phi) is 3.45. The number of rotatable bonds is 2. The van der Waals surface area contributed by atoms with E-state index in [2.05, 4.69) is 44.9 Å². The average molecular weight is 308 g/mol. The van der Waals surface area contributed by atoms with Crippen molar-refractivity contribution in [3.05, 3.63) is 57.4 Å². The van der Waals surface area contributed by atoms with Crippen LogP contribution in [0.15, 0.2) is 42.5 Å². The van der Waals surface area contributed by atoms with Crippen molar-refractivity contribution < 1.29 is 0 Å². The van der Waals surface area contributed by atoms with Gasteiger partial charge in [-0.25, -0.2) is 0 Å². The van der Waals surface area contributed by atoms with Gasteiger partial charge in [-0.05, 0) is 46.4 Å². The molecule has 0 radical (unpaired) electrons. The smallest absolute Gasteiger partial charge is 0.124 e. The number of nitrogens with zero attached hydrogens (tertiary/aromatic N) is 2. The predicted molar refractivity (Wildman–Crippen MR) is 70.1 cm³/mol. The monoisotopic (exact) mass is 308 g/mol. The second-order valence-electron chi connectivity index (χ2n) is 3.02. The zero-order valence-corrected chi connectivity index (χ0v) is 10.1. The summed E-state index contributed by atoms with van der Waals surface area (Å²) >= 11 is 2.14. The molecule has 0 spiro atoms. The number of hydrogen-bond acceptors (Lipinski definition) is 2. The van der Waals surface area contributed by atoms with Gasteiger partial charge >= 0.3 is 0 Å². The molecular weight excluding hydrogens is 299 g/mol. The summed E-state index contributed by atoms with van der Waals surface area (Å²) < 4.78 is 0.907. The first-order valence-corrected chi connectivity index (χ1v) is 5.65. The third-order valence-electron chi connectivity index (χ3n) is 1.90. The molecule has 0 amide bonds. The van der Waals surface area contributed by atoms with Crippen LogP contribution in [0, 0.1) is 3.70 Å². The van der Waals surface area contributed by atoms with E-state index in [1.54, 1.807) is 0 Å². The van der Waals surface area contributed by atoms with Gasteiger partial charge in [-0.15, -0.1) is 5.10 Å². The van der Waals surface area contributed by atoms with Crippen LogP contribution in [-0.4, -0.2) is 10.2 Å². The van der Waals surface area contributed by atoms with E-state index in [9.17, 15) is 0 Å². The fourth-order valence-corrected chi connectivity index (χ4v) is 1.45. The highest BCUT2D eigenvalue weighted by molar-refractivity contribution is 14.1. The van der Waals surface area contributed by atoms with Crippen molar-refractivity contribution in [1.82, 2.24) is 10.2 Å². The zero-order valence-electron chi connectivity index (χ0n) is 7.97. The topological polar surface area (TPSA) is 25.8 Å². The van der Waals surface area contributed by atoms with Gasteiger partial charge in [0.15, 0.2) is 0 Å². The van der Waals surface area contributed by atoms with Crippen molar-refractivity contribution in [2.24, 2.45) is 0 Å². The Morgan fingerprint density at radius 3 is 2.33 bits per heavy atom. The van der Waals surface area contributed by atoms with Gasteiger partial charge in [-0.1, -0.05) is 36.4 Å². The molecule has 3 heteroatoms. The van der Waals surface area contributed by atoms with Gasteiger partial charge in [0.05, 0.1) is 5.69 Å². The lowest BCUT2D eigenvalue weighted by molar-refractivity contribution is 0.990. The van der Waals surface area contributed by atoms with Gasteiger partial charge in [0.25, 0.3) is 0 Å². The Morgan fingerprint density at radius 1 is 0.867 bits per heavy atom. The van der Waals surface area contributed by atoms with Crippen LogP contribution in [0.3, 0.4) is 0 Å². The first kappa shape index (κ1) is 10.3. The molecule has 0 aliphatic carbocycles. The van der Waals surface area contributed by atoms with Gasteiger partial charge in [0.2, 0.25) is 0 Å². The molecule has 0 fully saturated rings. The van der Waals surface area contributed by atoms with Crippen LogP contribution in [0.1, 0.15) is 11.3 Å². The number of benzene rings is 1. The molecule has 74 valence electrons. The molecule has 1 aromatic heterocycles. The van der Waals surface area contributed by atoms with E-state index in [0.29, 0.717) is 0 Å². The molecule has 15 heavy (non-hydrogen) atoms. The lowest BCUT2D eigenvalue weighted by Gasteiger charge is -1.92. The van der Waals surface area contributed by atoms with E-state index in [-0.39, 0.29) is 0 Å². The van der Waals surface area contributed by atoms with Crippen LogP contribution >= 0.6 is 22.6 Å². The SMILES string of the molecule is Ic1ccc(C=Cc2ccccc2)nn1. The molecule has 0 unspecified atom stereocenters. The number of halogens is 1. The molecule has 0 bridgehead atoms. The molecular formula is C12H9IN2. The third-order valence-corrected chi connectivity index (χ3v) is 2.47. The summed E-state index contributed by atoms with van der Waals surface area (Å²) in [6.45, 7) is 0.